The number of ketones is 1. The van der Waals surface area contributed by atoms with Crippen LogP contribution in [0.3, 0.4) is 0 Å². The van der Waals surface area contributed by atoms with Gasteiger partial charge in [-0.3, -0.25) is 14.4 Å². The van der Waals surface area contributed by atoms with E-state index in [1.165, 1.54) is 21.1 Å². The molecule has 0 aromatic heterocycles. The fraction of sp³-hybridized carbons (Fsp3) is 0.559. The lowest BCUT2D eigenvalue weighted by atomic mass is 9.50. The van der Waals surface area contributed by atoms with Crippen molar-refractivity contribution in [2.45, 2.75) is 81.9 Å². The maximum Gasteiger partial charge on any atom is 0.456 e. The number of rotatable bonds is 7. The van der Waals surface area contributed by atoms with Gasteiger partial charge in [0.15, 0.2) is 11.7 Å². The van der Waals surface area contributed by atoms with Gasteiger partial charge in [0.1, 0.15) is 5.60 Å². The molecule has 2 fully saturated rings. The van der Waals surface area contributed by atoms with Crippen molar-refractivity contribution in [2.24, 2.45) is 23.2 Å². The van der Waals surface area contributed by atoms with Gasteiger partial charge in [-0.2, -0.15) is 22.0 Å². The van der Waals surface area contributed by atoms with Gasteiger partial charge >= 0.3 is 24.0 Å². The van der Waals surface area contributed by atoms with Gasteiger partial charge in [-0.1, -0.05) is 48.9 Å². The van der Waals surface area contributed by atoms with Crippen LogP contribution in [0.5, 0.6) is 0 Å². The average molecular weight is 637 g/mol. The fourth-order valence-electron chi connectivity index (χ4n) is 8.47. The standard InChI is InChI=1S/C34H37F5O6/c1-31-18-26(20-9-7-19(8-10-20)5-4-6-25(29(41)44-2)30(42)45-3)28-23-14-12-22(40)17-21(23)11-13-24(28)27(31)15-16-32(31,43)33(35,36)34(37,38)39/h4-5,7-10,17,24-27,43H,6,11-16,18H2,1-3H3/t24-,26+,27-,31-,32-/m0/s1. The molecule has 45 heavy (non-hydrogen) atoms. The van der Waals surface area contributed by atoms with Crippen molar-refractivity contribution in [3.63, 3.8) is 0 Å². The highest BCUT2D eigenvalue weighted by atomic mass is 19.4. The van der Waals surface area contributed by atoms with E-state index in [0.29, 0.717) is 36.8 Å². The molecule has 5 atom stereocenters. The summed E-state index contributed by atoms with van der Waals surface area (Å²) in [4.78, 5) is 36.2. The topological polar surface area (TPSA) is 89.9 Å². The fourth-order valence-corrected chi connectivity index (χ4v) is 8.47. The Labute approximate surface area is 258 Å². The van der Waals surface area contributed by atoms with Crippen molar-refractivity contribution in [1.82, 2.24) is 0 Å². The molecule has 0 unspecified atom stereocenters. The average Bonchev–Trinajstić information content (AvgIpc) is 3.29. The van der Waals surface area contributed by atoms with Crippen LogP contribution in [-0.4, -0.2) is 54.7 Å². The number of hydrogen-bond acceptors (Lipinski definition) is 6. The third-order valence-electron chi connectivity index (χ3n) is 10.8. The van der Waals surface area contributed by atoms with Crippen LogP contribution in [0.2, 0.25) is 0 Å². The number of halogens is 5. The zero-order valence-corrected chi connectivity index (χ0v) is 25.4. The van der Waals surface area contributed by atoms with E-state index in [4.69, 9.17) is 0 Å². The van der Waals surface area contributed by atoms with Gasteiger partial charge < -0.3 is 14.6 Å². The minimum atomic E-state index is -5.91. The first kappa shape index (κ1) is 33.0. The Kier molecular flexibility index (Phi) is 8.65. The third kappa shape index (κ3) is 5.34. The lowest BCUT2D eigenvalue weighted by molar-refractivity contribution is -0.362. The highest BCUT2D eigenvalue weighted by Crippen LogP contribution is 2.70. The first-order chi connectivity index (χ1) is 21.1. The van der Waals surface area contributed by atoms with Crippen LogP contribution in [-0.2, 0) is 23.9 Å². The number of aliphatic hydroxyl groups is 1. The Morgan fingerprint density at radius 1 is 1.02 bits per heavy atom. The largest absolute Gasteiger partial charge is 0.468 e. The summed E-state index contributed by atoms with van der Waals surface area (Å²) in [6.45, 7) is 1.39. The zero-order chi connectivity index (χ0) is 32.9. The number of allylic oxidation sites excluding steroid dienone is 5. The van der Waals surface area contributed by atoms with Gasteiger partial charge in [0, 0.05) is 17.8 Å². The van der Waals surface area contributed by atoms with Crippen LogP contribution in [0, 0.1) is 23.2 Å². The molecule has 0 bridgehead atoms. The number of ether oxygens (including phenoxy) is 2. The zero-order valence-electron chi connectivity index (χ0n) is 25.4. The van der Waals surface area contributed by atoms with Crippen LogP contribution in [0.25, 0.3) is 6.08 Å². The number of hydrogen-bond donors (Lipinski definition) is 1. The summed E-state index contributed by atoms with van der Waals surface area (Å²) in [7, 11) is 2.34. The number of benzene rings is 1. The number of alkyl halides is 5. The normalized spacial score (nSPS) is 30.1. The Morgan fingerprint density at radius 2 is 1.67 bits per heavy atom. The first-order valence-corrected chi connectivity index (χ1v) is 15.2. The van der Waals surface area contributed by atoms with Crippen molar-refractivity contribution < 1.29 is 50.9 Å². The Balaban J connectivity index is 1.53. The highest BCUT2D eigenvalue weighted by Gasteiger charge is 2.79. The van der Waals surface area contributed by atoms with E-state index in [9.17, 15) is 32.7 Å². The van der Waals surface area contributed by atoms with Crippen molar-refractivity contribution in [2.75, 3.05) is 14.2 Å². The van der Waals surface area contributed by atoms with E-state index in [-0.39, 0.29) is 31.0 Å². The SMILES string of the molecule is COC(=O)C(CC=Cc1ccc([C@H]2C[C@@]3(C)[C@@H](CC[C@@]3(O)C(F)(F)C(F)(F)F)[C@@H]3CCC4=CC(=O)CCC4=C32)cc1)C(=O)OC. The van der Waals surface area contributed by atoms with Gasteiger partial charge in [-0.05, 0) is 85.1 Å². The molecule has 4 aliphatic carbocycles. The van der Waals surface area contributed by atoms with E-state index in [1.54, 1.807) is 42.5 Å². The minimum Gasteiger partial charge on any atom is -0.468 e. The molecule has 1 aromatic rings. The maximum atomic E-state index is 15.2. The van der Waals surface area contributed by atoms with Crippen LogP contribution in [0.1, 0.15) is 75.3 Å². The Hall–Kier alpha value is -3.34. The molecule has 0 saturated heterocycles. The van der Waals surface area contributed by atoms with Crippen molar-refractivity contribution in [1.29, 1.82) is 0 Å². The molecule has 0 radical (unpaired) electrons. The molecule has 6 nitrogen and oxygen atoms in total. The van der Waals surface area contributed by atoms with Gasteiger partial charge in [-0.15, -0.1) is 0 Å². The maximum absolute atomic E-state index is 15.2. The minimum absolute atomic E-state index is 0.0165. The lowest BCUT2D eigenvalue weighted by Gasteiger charge is -2.56. The molecule has 2 saturated carbocycles. The number of carbonyl (C=O) groups is 3. The molecular weight excluding hydrogens is 599 g/mol. The number of fused-ring (bicyclic) bond motifs is 4. The summed E-state index contributed by atoms with van der Waals surface area (Å²) in [5, 5.41) is 11.4. The molecule has 5 rings (SSSR count). The van der Waals surface area contributed by atoms with E-state index >= 15 is 8.78 Å². The molecule has 0 amide bonds. The summed E-state index contributed by atoms with van der Waals surface area (Å²) in [6.07, 6.45) is 0.191. The van der Waals surface area contributed by atoms with E-state index in [0.717, 1.165) is 16.7 Å². The molecular formula is C34H37F5O6. The van der Waals surface area contributed by atoms with Crippen LogP contribution in [0.15, 0.2) is 53.1 Å². The molecule has 244 valence electrons. The summed E-state index contributed by atoms with van der Waals surface area (Å²) >= 11 is 0. The lowest BCUT2D eigenvalue weighted by Crippen LogP contribution is -2.65. The second kappa shape index (κ2) is 11.8. The van der Waals surface area contributed by atoms with E-state index in [2.05, 4.69) is 9.47 Å². The monoisotopic (exact) mass is 636 g/mol. The second-order valence-electron chi connectivity index (χ2n) is 12.9. The summed E-state index contributed by atoms with van der Waals surface area (Å²) in [6, 6.07) is 7.11. The molecule has 1 N–H and O–H groups in total. The molecule has 1 aromatic carbocycles. The molecule has 4 aliphatic rings. The van der Waals surface area contributed by atoms with Gasteiger partial charge in [0.05, 0.1) is 14.2 Å². The molecule has 11 heteroatoms. The predicted molar refractivity (Wildman–Crippen MR) is 154 cm³/mol. The Morgan fingerprint density at radius 3 is 2.27 bits per heavy atom. The second-order valence-corrected chi connectivity index (χ2v) is 12.9. The summed E-state index contributed by atoms with van der Waals surface area (Å²) in [5.74, 6) is -9.30. The van der Waals surface area contributed by atoms with Crippen LogP contribution in [0.4, 0.5) is 22.0 Å². The quantitative estimate of drug-likeness (QED) is 0.200. The molecule has 0 heterocycles. The highest BCUT2D eigenvalue weighted by molar-refractivity contribution is 5.95. The van der Waals surface area contributed by atoms with Crippen molar-refractivity contribution in [3.8, 4) is 0 Å². The van der Waals surface area contributed by atoms with Crippen molar-refractivity contribution >= 4 is 23.8 Å². The molecule has 0 aliphatic heterocycles. The Bertz CT molecular complexity index is 1440. The van der Waals surface area contributed by atoms with Crippen LogP contribution < -0.4 is 0 Å². The van der Waals surface area contributed by atoms with Crippen molar-refractivity contribution in [3.05, 3.63) is 64.3 Å². The number of methoxy groups -OCH3 is 2. The summed E-state index contributed by atoms with van der Waals surface area (Å²) < 4.78 is 81.0. The first-order valence-electron chi connectivity index (χ1n) is 15.2. The molecule has 0 spiro atoms. The number of esters is 2. The predicted octanol–water partition coefficient (Wildman–Crippen LogP) is 6.88. The van der Waals surface area contributed by atoms with Gasteiger partial charge in [-0.25, -0.2) is 0 Å². The third-order valence-corrected chi connectivity index (χ3v) is 10.8. The van der Waals surface area contributed by atoms with E-state index < -0.39 is 59.2 Å². The van der Waals surface area contributed by atoms with Gasteiger partial charge in [0.25, 0.3) is 0 Å². The van der Waals surface area contributed by atoms with E-state index in [1.807, 2.05) is 0 Å². The number of carbonyl (C=O) groups excluding carboxylic acids is 3. The summed E-state index contributed by atoms with van der Waals surface area (Å²) in [5.41, 5.74) is -0.689. The van der Waals surface area contributed by atoms with Crippen LogP contribution >= 0.6 is 0 Å². The smallest absolute Gasteiger partial charge is 0.456 e. The van der Waals surface area contributed by atoms with Gasteiger partial charge in [0.2, 0.25) is 0 Å².